The third-order valence-corrected chi connectivity index (χ3v) is 3.37. The second-order valence-electron chi connectivity index (χ2n) is 4.85. The largest absolute Gasteiger partial charge is 0.346 e. The van der Waals surface area contributed by atoms with Gasteiger partial charge in [-0.05, 0) is 33.0 Å². The molecule has 0 fully saturated rings. The Morgan fingerprint density at radius 2 is 2.15 bits per heavy atom. The first-order valence-corrected chi connectivity index (χ1v) is 7.06. The van der Waals surface area contributed by atoms with Crippen LogP contribution in [0.1, 0.15) is 32.1 Å². The minimum Gasteiger partial charge on any atom is -0.346 e. The van der Waals surface area contributed by atoms with E-state index in [4.69, 9.17) is 0 Å². The molecule has 5 heteroatoms. The third kappa shape index (κ3) is 2.99. The highest BCUT2D eigenvalue weighted by Gasteiger charge is 2.17. The highest BCUT2D eigenvalue weighted by Crippen LogP contribution is 2.20. The number of aryl methyl sites for hydroxylation is 1. The number of amides is 1. The average molecular weight is 274 g/mol. The van der Waals surface area contributed by atoms with Crippen molar-refractivity contribution in [3.8, 4) is 0 Å². The monoisotopic (exact) mass is 274 g/mol. The Morgan fingerprint density at radius 1 is 1.40 bits per heavy atom. The summed E-state index contributed by atoms with van der Waals surface area (Å²) < 4.78 is 2.15. The van der Waals surface area contributed by atoms with E-state index in [1.54, 1.807) is 0 Å². The summed E-state index contributed by atoms with van der Waals surface area (Å²) in [6, 6.07) is 7.96. The van der Waals surface area contributed by atoms with Crippen molar-refractivity contribution < 1.29 is 4.79 Å². The molecule has 0 aliphatic rings. The second-order valence-corrected chi connectivity index (χ2v) is 4.85. The summed E-state index contributed by atoms with van der Waals surface area (Å²) in [5.74, 6) is 0.952. The quantitative estimate of drug-likeness (QED) is 0.845. The maximum atomic E-state index is 11.8. The Bertz CT molecular complexity index is 591. The molecular formula is C15H22N4O. The molecule has 0 spiro atoms. The lowest BCUT2D eigenvalue weighted by molar-refractivity contribution is -0.121. The number of nitrogens with zero attached hydrogens (tertiary/aromatic N) is 2. The summed E-state index contributed by atoms with van der Waals surface area (Å²) in [7, 11) is 1.84. The fourth-order valence-electron chi connectivity index (χ4n) is 2.37. The van der Waals surface area contributed by atoms with Crippen LogP contribution in [-0.2, 0) is 11.3 Å². The van der Waals surface area contributed by atoms with Crippen LogP contribution in [0.4, 0.5) is 0 Å². The number of hydrogen-bond acceptors (Lipinski definition) is 3. The van der Waals surface area contributed by atoms with Gasteiger partial charge in [-0.3, -0.25) is 4.79 Å². The van der Waals surface area contributed by atoms with Crippen molar-refractivity contribution in [2.45, 2.75) is 32.9 Å². The minimum absolute atomic E-state index is 0.0431. The van der Waals surface area contributed by atoms with Crippen molar-refractivity contribution in [1.29, 1.82) is 0 Å². The summed E-state index contributed by atoms with van der Waals surface area (Å²) >= 11 is 0. The van der Waals surface area contributed by atoms with E-state index in [9.17, 15) is 4.79 Å². The highest BCUT2D eigenvalue weighted by molar-refractivity contribution is 5.78. The van der Waals surface area contributed by atoms with Crippen molar-refractivity contribution in [1.82, 2.24) is 20.2 Å². The normalized spacial score (nSPS) is 12.6. The number of rotatable bonds is 6. The van der Waals surface area contributed by atoms with Gasteiger partial charge in [-0.1, -0.05) is 12.1 Å². The number of imidazole rings is 1. The Kier molecular flexibility index (Phi) is 4.74. The molecule has 20 heavy (non-hydrogen) atoms. The van der Waals surface area contributed by atoms with Crippen LogP contribution >= 0.6 is 0 Å². The van der Waals surface area contributed by atoms with Crippen molar-refractivity contribution in [2.75, 3.05) is 13.6 Å². The van der Waals surface area contributed by atoms with Gasteiger partial charge in [0.2, 0.25) is 5.91 Å². The van der Waals surface area contributed by atoms with Crippen LogP contribution in [-0.4, -0.2) is 29.1 Å². The van der Waals surface area contributed by atoms with Crippen LogP contribution in [0, 0.1) is 0 Å². The lowest BCUT2D eigenvalue weighted by Crippen LogP contribution is -2.30. The molecule has 1 aromatic carbocycles. The van der Waals surface area contributed by atoms with Crippen molar-refractivity contribution in [2.24, 2.45) is 0 Å². The standard InChI is InChI=1S/C15H22N4O/c1-4-19-13-8-6-5-7-12(13)18-15(19)11(2)17-14(20)9-10-16-3/h5-8,11,16H,4,9-10H2,1-3H3,(H,17,20). The molecule has 0 saturated carbocycles. The van der Waals surface area contributed by atoms with E-state index in [0.29, 0.717) is 13.0 Å². The van der Waals surface area contributed by atoms with Crippen LogP contribution in [0.5, 0.6) is 0 Å². The number of hydrogen-bond donors (Lipinski definition) is 2. The molecule has 0 aliphatic carbocycles. The number of carbonyl (C=O) groups is 1. The molecular weight excluding hydrogens is 252 g/mol. The van der Waals surface area contributed by atoms with E-state index < -0.39 is 0 Å². The van der Waals surface area contributed by atoms with E-state index in [-0.39, 0.29) is 11.9 Å². The molecule has 5 nitrogen and oxygen atoms in total. The number of fused-ring (bicyclic) bond motifs is 1. The first kappa shape index (κ1) is 14.5. The van der Waals surface area contributed by atoms with Crippen LogP contribution < -0.4 is 10.6 Å². The lowest BCUT2D eigenvalue weighted by atomic mass is 10.3. The van der Waals surface area contributed by atoms with Crippen molar-refractivity contribution >= 4 is 16.9 Å². The van der Waals surface area contributed by atoms with Gasteiger partial charge in [0.1, 0.15) is 5.82 Å². The minimum atomic E-state index is -0.0910. The predicted molar refractivity (Wildman–Crippen MR) is 80.5 cm³/mol. The van der Waals surface area contributed by atoms with Gasteiger partial charge in [0.25, 0.3) is 0 Å². The Morgan fingerprint density at radius 3 is 2.85 bits per heavy atom. The zero-order valence-corrected chi connectivity index (χ0v) is 12.3. The van der Waals surface area contributed by atoms with Gasteiger partial charge in [0.15, 0.2) is 0 Å². The van der Waals surface area contributed by atoms with Crippen molar-refractivity contribution in [3.05, 3.63) is 30.1 Å². The molecule has 1 heterocycles. The summed E-state index contributed by atoms with van der Waals surface area (Å²) in [6.07, 6.45) is 0.479. The molecule has 1 aromatic heterocycles. The van der Waals surface area contributed by atoms with E-state index in [0.717, 1.165) is 23.4 Å². The number of aromatic nitrogens is 2. The number of para-hydroxylation sites is 2. The molecule has 1 unspecified atom stereocenters. The Hall–Kier alpha value is -1.88. The highest BCUT2D eigenvalue weighted by atomic mass is 16.1. The molecule has 2 aromatic rings. The van der Waals surface area contributed by atoms with Crippen molar-refractivity contribution in [3.63, 3.8) is 0 Å². The van der Waals surface area contributed by atoms with Crippen LogP contribution in [0.3, 0.4) is 0 Å². The molecule has 2 rings (SSSR count). The smallest absolute Gasteiger partial charge is 0.221 e. The average Bonchev–Trinajstić information content (AvgIpc) is 2.83. The van der Waals surface area contributed by atoms with E-state index in [2.05, 4.69) is 33.2 Å². The van der Waals surface area contributed by atoms with E-state index in [1.807, 2.05) is 32.2 Å². The maximum Gasteiger partial charge on any atom is 0.221 e. The van der Waals surface area contributed by atoms with Gasteiger partial charge < -0.3 is 15.2 Å². The lowest BCUT2D eigenvalue weighted by Gasteiger charge is -2.15. The fourth-order valence-corrected chi connectivity index (χ4v) is 2.37. The topological polar surface area (TPSA) is 59.0 Å². The van der Waals surface area contributed by atoms with Gasteiger partial charge in [-0.2, -0.15) is 0 Å². The fraction of sp³-hybridized carbons (Fsp3) is 0.467. The summed E-state index contributed by atoms with van der Waals surface area (Å²) in [4.78, 5) is 16.5. The van der Waals surface area contributed by atoms with E-state index >= 15 is 0 Å². The molecule has 1 atom stereocenters. The molecule has 1 amide bonds. The number of benzene rings is 1. The maximum absolute atomic E-state index is 11.8. The zero-order valence-electron chi connectivity index (χ0n) is 12.3. The molecule has 0 saturated heterocycles. The molecule has 2 N–H and O–H groups in total. The van der Waals surface area contributed by atoms with Gasteiger partial charge in [0, 0.05) is 19.5 Å². The SMILES string of the molecule is CCn1c(C(C)NC(=O)CCNC)nc2ccccc21. The number of carbonyl (C=O) groups excluding carboxylic acids is 1. The summed E-state index contributed by atoms with van der Waals surface area (Å²) in [5, 5.41) is 5.98. The van der Waals surface area contributed by atoms with Crippen LogP contribution in [0.25, 0.3) is 11.0 Å². The molecule has 0 radical (unpaired) electrons. The first-order valence-electron chi connectivity index (χ1n) is 7.06. The van der Waals surface area contributed by atoms with Crippen LogP contribution in [0.2, 0.25) is 0 Å². The van der Waals surface area contributed by atoms with Gasteiger partial charge in [0.05, 0.1) is 17.1 Å². The molecule has 0 bridgehead atoms. The second kappa shape index (κ2) is 6.52. The molecule has 0 aliphatic heterocycles. The van der Waals surface area contributed by atoms with E-state index in [1.165, 1.54) is 0 Å². The predicted octanol–water partition coefficient (Wildman–Crippen LogP) is 1.84. The Labute approximate surface area is 119 Å². The Balaban J connectivity index is 2.21. The molecule has 108 valence electrons. The van der Waals surface area contributed by atoms with Gasteiger partial charge >= 0.3 is 0 Å². The van der Waals surface area contributed by atoms with Gasteiger partial charge in [-0.25, -0.2) is 4.98 Å². The zero-order chi connectivity index (χ0) is 14.5. The third-order valence-electron chi connectivity index (χ3n) is 3.37. The van der Waals surface area contributed by atoms with Gasteiger partial charge in [-0.15, -0.1) is 0 Å². The van der Waals surface area contributed by atoms with Crippen LogP contribution in [0.15, 0.2) is 24.3 Å². The summed E-state index contributed by atoms with van der Waals surface area (Å²) in [6.45, 7) is 5.59. The summed E-state index contributed by atoms with van der Waals surface area (Å²) in [5.41, 5.74) is 2.09. The number of nitrogens with one attached hydrogen (secondary N) is 2. The first-order chi connectivity index (χ1) is 9.67.